The highest BCUT2D eigenvalue weighted by Crippen LogP contribution is 2.42. The smallest absolute Gasteiger partial charge is 0.285 e. The average molecular weight is 363 g/mol. The Labute approximate surface area is 152 Å². The van der Waals surface area contributed by atoms with Crippen molar-refractivity contribution in [2.45, 2.75) is 32.0 Å². The van der Waals surface area contributed by atoms with Crippen molar-refractivity contribution < 1.29 is 28.8 Å². The zero-order valence-electron chi connectivity index (χ0n) is 15.1. The number of hydrogen-bond acceptors (Lipinski definition) is 6. The summed E-state index contributed by atoms with van der Waals surface area (Å²) >= 11 is 0. The molecule has 1 aromatic carbocycles. The second-order valence-electron chi connectivity index (χ2n) is 6.22. The van der Waals surface area contributed by atoms with Crippen LogP contribution in [0.2, 0.25) is 0 Å². The van der Waals surface area contributed by atoms with Crippen LogP contribution in [0.15, 0.2) is 30.0 Å². The Hall–Kier alpha value is -2.25. The number of carbonyl (C=O) groups excluding carboxylic acids is 1. The molecule has 0 bridgehead atoms. The summed E-state index contributed by atoms with van der Waals surface area (Å²) in [6.45, 7) is 2.66. The zero-order chi connectivity index (χ0) is 18.5. The van der Waals surface area contributed by atoms with E-state index < -0.39 is 6.29 Å². The first-order valence-corrected chi connectivity index (χ1v) is 8.90. The van der Waals surface area contributed by atoms with E-state index in [2.05, 4.69) is 5.32 Å². The van der Waals surface area contributed by atoms with Gasteiger partial charge in [0, 0.05) is 32.1 Å². The number of likely N-dealkylation sites (N-methyl/N-ethyl adjacent to an activating group) is 1. The summed E-state index contributed by atoms with van der Waals surface area (Å²) in [5.74, 6) is 1.22. The Morgan fingerprint density at radius 3 is 2.88 bits per heavy atom. The molecule has 2 heterocycles. The van der Waals surface area contributed by atoms with Gasteiger partial charge in [0.05, 0.1) is 0 Å². The van der Waals surface area contributed by atoms with Crippen LogP contribution in [0.3, 0.4) is 0 Å². The summed E-state index contributed by atoms with van der Waals surface area (Å²) in [6.07, 6.45) is 2.60. The number of amides is 1. The van der Waals surface area contributed by atoms with E-state index in [9.17, 15) is 9.90 Å². The van der Waals surface area contributed by atoms with Gasteiger partial charge in [-0.25, -0.2) is 0 Å². The number of aliphatic hydroxyl groups excluding tert-OH is 1. The molecule has 142 valence electrons. The van der Waals surface area contributed by atoms with Crippen molar-refractivity contribution in [1.29, 1.82) is 0 Å². The molecule has 2 aliphatic heterocycles. The molecule has 0 saturated heterocycles. The maximum atomic E-state index is 12.2. The molecule has 0 aliphatic carbocycles. The molecule has 26 heavy (non-hydrogen) atoms. The lowest BCUT2D eigenvalue weighted by molar-refractivity contribution is -0.166. The van der Waals surface area contributed by atoms with Crippen molar-refractivity contribution in [1.82, 2.24) is 5.32 Å². The SMILES string of the molecule is CCO[C@H]1OC(C(=O)NC)=C[C@@H](c2ccc3c(c2)OCO3)[C@H]1CCCO. The molecule has 0 radical (unpaired) electrons. The lowest BCUT2D eigenvalue weighted by atomic mass is 9.80. The van der Waals surface area contributed by atoms with Crippen LogP contribution in [-0.2, 0) is 14.3 Å². The fraction of sp³-hybridized carbons (Fsp3) is 0.526. The summed E-state index contributed by atoms with van der Waals surface area (Å²) in [4.78, 5) is 12.2. The van der Waals surface area contributed by atoms with Gasteiger partial charge >= 0.3 is 0 Å². The van der Waals surface area contributed by atoms with Gasteiger partial charge in [-0.2, -0.15) is 0 Å². The second kappa shape index (κ2) is 8.42. The van der Waals surface area contributed by atoms with Crippen LogP contribution in [0, 0.1) is 5.92 Å². The van der Waals surface area contributed by atoms with Crippen molar-refractivity contribution >= 4 is 5.91 Å². The van der Waals surface area contributed by atoms with Crippen molar-refractivity contribution in [3.8, 4) is 11.5 Å². The van der Waals surface area contributed by atoms with Crippen molar-refractivity contribution in [2.75, 3.05) is 27.1 Å². The fourth-order valence-electron chi connectivity index (χ4n) is 3.39. The third-order valence-corrected chi connectivity index (χ3v) is 4.64. The molecular formula is C19H25NO6. The first kappa shape index (κ1) is 18.5. The predicted molar refractivity (Wildman–Crippen MR) is 93.8 cm³/mol. The Bertz CT molecular complexity index is 674. The molecule has 0 saturated carbocycles. The Morgan fingerprint density at radius 1 is 1.35 bits per heavy atom. The minimum Gasteiger partial charge on any atom is -0.459 e. The summed E-state index contributed by atoms with van der Waals surface area (Å²) in [5.41, 5.74) is 0.992. The minimum absolute atomic E-state index is 0.0316. The number of carbonyl (C=O) groups is 1. The molecular weight excluding hydrogens is 338 g/mol. The van der Waals surface area contributed by atoms with E-state index in [4.69, 9.17) is 18.9 Å². The fourth-order valence-corrected chi connectivity index (χ4v) is 3.39. The van der Waals surface area contributed by atoms with Crippen molar-refractivity contribution in [3.05, 3.63) is 35.6 Å². The molecule has 3 rings (SSSR count). The number of rotatable bonds is 7. The summed E-state index contributed by atoms with van der Waals surface area (Å²) < 4.78 is 22.5. The maximum absolute atomic E-state index is 12.2. The molecule has 0 aromatic heterocycles. The van der Waals surface area contributed by atoms with Crippen LogP contribution in [0.1, 0.15) is 31.2 Å². The van der Waals surface area contributed by atoms with Crippen LogP contribution >= 0.6 is 0 Å². The largest absolute Gasteiger partial charge is 0.459 e. The van der Waals surface area contributed by atoms with Crippen LogP contribution in [0.4, 0.5) is 0 Å². The Kier molecular flexibility index (Phi) is 6.00. The number of benzene rings is 1. The highest BCUT2D eigenvalue weighted by Gasteiger charge is 2.38. The maximum Gasteiger partial charge on any atom is 0.285 e. The number of ether oxygens (including phenoxy) is 4. The van der Waals surface area contributed by atoms with E-state index in [-0.39, 0.29) is 36.9 Å². The number of allylic oxidation sites excluding steroid dienone is 1. The molecule has 1 aromatic rings. The standard InChI is InChI=1S/C19H25NO6/c1-3-23-19-13(5-4-8-21)14(10-17(26-19)18(22)20-2)12-6-7-15-16(9-12)25-11-24-15/h6-7,9-10,13-14,19,21H,3-5,8,11H2,1-2H3,(H,20,22)/t13-,14+,19+/m1/s1. The predicted octanol–water partition coefficient (Wildman–Crippen LogP) is 1.91. The Morgan fingerprint density at radius 2 is 2.15 bits per heavy atom. The van der Waals surface area contributed by atoms with Crippen LogP contribution < -0.4 is 14.8 Å². The van der Waals surface area contributed by atoms with Gasteiger partial charge in [0.2, 0.25) is 13.1 Å². The number of aliphatic hydroxyl groups is 1. The third kappa shape index (κ3) is 3.78. The topological polar surface area (TPSA) is 86.3 Å². The highest BCUT2D eigenvalue weighted by molar-refractivity contribution is 5.91. The van der Waals surface area contributed by atoms with E-state index >= 15 is 0 Å². The molecule has 2 aliphatic rings. The van der Waals surface area contributed by atoms with E-state index in [0.29, 0.717) is 30.9 Å². The van der Waals surface area contributed by atoms with Gasteiger partial charge in [-0.3, -0.25) is 4.79 Å². The molecule has 0 spiro atoms. The third-order valence-electron chi connectivity index (χ3n) is 4.64. The molecule has 0 unspecified atom stereocenters. The second-order valence-corrected chi connectivity index (χ2v) is 6.22. The van der Waals surface area contributed by atoms with Gasteiger partial charge in [-0.05, 0) is 43.5 Å². The first-order chi connectivity index (χ1) is 12.7. The average Bonchev–Trinajstić information content (AvgIpc) is 3.13. The lowest BCUT2D eigenvalue weighted by Crippen LogP contribution is -2.38. The first-order valence-electron chi connectivity index (χ1n) is 8.90. The summed E-state index contributed by atoms with van der Waals surface area (Å²) in [6, 6.07) is 5.78. The van der Waals surface area contributed by atoms with Gasteiger partial charge in [-0.1, -0.05) is 6.07 Å². The highest BCUT2D eigenvalue weighted by atomic mass is 16.7. The van der Waals surface area contributed by atoms with E-state index in [1.54, 1.807) is 7.05 Å². The number of nitrogens with one attached hydrogen (secondary N) is 1. The van der Waals surface area contributed by atoms with Crippen LogP contribution in [0.25, 0.3) is 0 Å². The van der Waals surface area contributed by atoms with Crippen molar-refractivity contribution in [3.63, 3.8) is 0 Å². The monoisotopic (exact) mass is 363 g/mol. The van der Waals surface area contributed by atoms with E-state index in [0.717, 1.165) is 5.56 Å². The van der Waals surface area contributed by atoms with Gasteiger partial charge < -0.3 is 29.4 Å². The molecule has 1 amide bonds. The van der Waals surface area contributed by atoms with Gasteiger partial charge in [0.15, 0.2) is 17.3 Å². The van der Waals surface area contributed by atoms with Gasteiger partial charge in [-0.15, -0.1) is 0 Å². The molecule has 2 N–H and O–H groups in total. The minimum atomic E-state index is -0.556. The normalized spacial score (nSPS) is 24.0. The molecule has 7 heteroatoms. The van der Waals surface area contributed by atoms with Gasteiger partial charge in [0.25, 0.3) is 5.91 Å². The number of fused-ring (bicyclic) bond motifs is 1. The molecule has 0 fully saturated rings. The number of hydrogen-bond donors (Lipinski definition) is 2. The summed E-state index contributed by atoms with van der Waals surface area (Å²) in [5, 5.41) is 11.9. The quantitative estimate of drug-likeness (QED) is 0.770. The van der Waals surface area contributed by atoms with Crippen LogP contribution in [-0.4, -0.2) is 44.4 Å². The van der Waals surface area contributed by atoms with Crippen LogP contribution in [0.5, 0.6) is 11.5 Å². The zero-order valence-corrected chi connectivity index (χ0v) is 15.1. The lowest BCUT2D eigenvalue weighted by Gasteiger charge is -2.37. The van der Waals surface area contributed by atoms with E-state index in [1.807, 2.05) is 31.2 Å². The van der Waals surface area contributed by atoms with Crippen molar-refractivity contribution in [2.24, 2.45) is 5.92 Å². The van der Waals surface area contributed by atoms with Gasteiger partial charge in [0.1, 0.15) is 0 Å². The Balaban J connectivity index is 1.98. The molecule has 3 atom stereocenters. The van der Waals surface area contributed by atoms with E-state index in [1.165, 1.54) is 0 Å². The summed E-state index contributed by atoms with van der Waals surface area (Å²) in [7, 11) is 1.57. The molecule has 7 nitrogen and oxygen atoms in total.